The number of hydrogen-bond donors (Lipinski definition) is 2. The molecule has 0 bridgehead atoms. The summed E-state index contributed by atoms with van der Waals surface area (Å²) in [6, 6.07) is 0. The Hall–Kier alpha value is -0.770. The van der Waals surface area contributed by atoms with Gasteiger partial charge in [-0.25, -0.2) is 4.79 Å². The number of carbonyl (C=O) groups excluding carboxylic acids is 1. The molecule has 0 radical (unpaired) electrons. The third-order valence-corrected chi connectivity index (χ3v) is 3.75. The molecule has 2 heterocycles. The quantitative estimate of drug-likeness (QED) is 0.674. The summed E-state index contributed by atoms with van der Waals surface area (Å²) in [5.74, 6) is -2.66. The van der Waals surface area contributed by atoms with E-state index in [1.165, 1.54) is 0 Å². The van der Waals surface area contributed by atoms with Gasteiger partial charge in [0.05, 0.1) is 13.2 Å². The SMILES string of the molecule is CCOC(=O)[C@H](O)[C@@H](O)[C@@H]1OC(C)(C)O[C@@H]1[C@H]1COC(C)(C)O1. The summed E-state index contributed by atoms with van der Waals surface area (Å²) in [7, 11) is 0. The van der Waals surface area contributed by atoms with E-state index in [9.17, 15) is 15.0 Å². The van der Waals surface area contributed by atoms with Gasteiger partial charge in [0.1, 0.15) is 24.4 Å². The molecule has 134 valence electrons. The van der Waals surface area contributed by atoms with Gasteiger partial charge in [-0.3, -0.25) is 0 Å². The summed E-state index contributed by atoms with van der Waals surface area (Å²) in [5.41, 5.74) is 0. The third-order valence-electron chi connectivity index (χ3n) is 3.75. The fourth-order valence-electron chi connectivity index (χ4n) is 2.79. The molecule has 2 fully saturated rings. The monoisotopic (exact) mass is 334 g/mol. The van der Waals surface area contributed by atoms with Gasteiger partial charge in [0.25, 0.3) is 0 Å². The molecule has 0 aromatic carbocycles. The molecule has 2 saturated heterocycles. The van der Waals surface area contributed by atoms with Crippen LogP contribution in [-0.4, -0.2) is 71.5 Å². The third kappa shape index (κ3) is 4.20. The van der Waals surface area contributed by atoms with Crippen LogP contribution in [0.3, 0.4) is 0 Å². The molecule has 0 saturated carbocycles. The minimum atomic E-state index is -1.73. The highest BCUT2D eigenvalue weighted by Crippen LogP contribution is 2.37. The molecule has 0 amide bonds. The van der Waals surface area contributed by atoms with Crippen LogP contribution >= 0.6 is 0 Å². The van der Waals surface area contributed by atoms with Gasteiger partial charge in [0.15, 0.2) is 17.7 Å². The van der Waals surface area contributed by atoms with Gasteiger partial charge in [-0.15, -0.1) is 0 Å². The average molecular weight is 334 g/mol. The first-order valence-corrected chi connectivity index (χ1v) is 7.76. The van der Waals surface area contributed by atoms with E-state index in [0.717, 1.165) is 0 Å². The van der Waals surface area contributed by atoms with E-state index in [1.807, 2.05) is 0 Å². The molecule has 0 spiro atoms. The topological polar surface area (TPSA) is 104 Å². The Bertz CT molecular complexity index is 435. The Morgan fingerprint density at radius 1 is 1.17 bits per heavy atom. The molecule has 8 nitrogen and oxygen atoms in total. The maximum Gasteiger partial charge on any atom is 0.337 e. The van der Waals surface area contributed by atoms with Gasteiger partial charge < -0.3 is 33.9 Å². The van der Waals surface area contributed by atoms with Crippen molar-refractivity contribution in [3.05, 3.63) is 0 Å². The summed E-state index contributed by atoms with van der Waals surface area (Å²) < 4.78 is 27.5. The lowest BCUT2D eigenvalue weighted by Crippen LogP contribution is -2.50. The molecule has 0 aromatic heterocycles. The number of hydrogen-bond acceptors (Lipinski definition) is 8. The van der Waals surface area contributed by atoms with Crippen molar-refractivity contribution in [2.75, 3.05) is 13.2 Å². The van der Waals surface area contributed by atoms with Crippen molar-refractivity contribution in [2.45, 2.75) is 76.7 Å². The van der Waals surface area contributed by atoms with Crippen LogP contribution in [0.15, 0.2) is 0 Å². The Labute approximate surface area is 135 Å². The first-order chi connectivity index (χ1) is 10.6. The van der Waals surface area contributed by atoms with Crippen LogP contribution in [0.1, 0.15) is 34.6 Å². The molecule has 23 heavy (non-hydrogen) atoms. The Morgan fingerprint density at radius 3 is 2.35 bits per heavy atom. The van der Waals surface area contributed by atoms with E-state index >= 15 is 0 Å². The van der Waals surface area contributed by atoms with Gasteiger partial charge in [-0.05, 0) is 34.6 Å². The molecule has 5 atom stereocenters. The maximum atomic E-state index is 11.6. The molecule has 0 aliphatic carbocycles. The summed E-state index contributed by atoms with van der Waals surface area (Å²) in [6.07, 6.45) is -5.36. The molecule has 2 aliphatic heterocycles. The normalized spacial score (nSPS) is 35.0. The van der Waals surface area contributed by atoms with Gasteiger partial charge in [-0.2, -0.15) is 0 Å². The lowest BCUT2D eigenvalue weighted by molar-refractivity contribution is -0.179. The second kappa shape index (κ2) is 6.62. The zero-order valence-corrected chi connectivity index (χ0v) is 14.1. The molecular weight excluding hydrogens is 308 g/mol. The van der Waals surface area contributed by atoms with E-state index in [0.29, 0.717) is 0 Å². The van der Waals surface area contributed by atoms with Crippen molar-refractivity contribution in [1.82, 2.24) is 0 Å². The van der Waals surface area contributed by atoms with Crippen LogP contribution in [0.5, 0.6) is 0 Å². The number of aliphatic hydroxyl groups is 2. The summed E-state index contributed by atoms with van der Waals surface area (Å²) in [4.78, 5) is 11.6. The van der Waals surface area contributed by atoms with Crippen LogP contribution in [0.25, 0.3) is 0 Å². The number of esters is 1. The van der Waals surface area contributed by atoms with E-state index in [-0.39, 0.29) is 13.2 Å². The van der Waals surface area contributed by atoms with Crippen LogP contribution in [-0.2, 0) is 28.5 Å². The standard InChI is InChI=1S/C15H26O8/c1-6-19-13(18)10(17)9(16)12-11(22-15(4,5)23-12)8-7-20-14(2,3)21-8/h8-12,16-17H,6-7H2,1-5H3/t8-,9-,10-,11-,12+/m1/s1. The van der Waals surface area contributed by atoms with Gasteiger partial charge in [-0.1, -0.05) is 0 Å². The molecule has 2 aliphatic rings. The van der Waals surface area contributed by atoms with Crippen LogP contribution in [0, 0.1) is 0 Å². The van der Waals surface area contributed by atoms with Crippen molar-refractivity contribution in [3.63, 3.8) is 0 Å². The van der Waals surface area contributed by atoms with Crippen molar-refractivity contribution in [2.24, 2.45) is 0 Å². The molecule has 8 heteroatoms. The number of aliphatic hydroxyl groups excluding tert-OH is 2. The lowest BCUT2D eigenvalue weighted by atomic mass is 9.99. The average Bonchev–Trinajstić information content (AvgIpc) is 2.96. The minimum absolute atomic E-state index is 0.104. The predicted octanol–water partition coefficient (Wildman–Crippen LogP) is -0.0571. The number of carbonyl (C=O) groups is 1. The first-order valence-electron chi connectivity index (χ1n) is 7.76. The van der Waals surface area contributed by atoms with Crippen LogP contribution in [0.4, 0.5) is 0 Å². The van der Waals surface area contributed by atoms with E-state index in [2.05, 4.69) is 0 Å². The molecule has 2 N–H and O–H groups in total. The Balaban J connectivity index is 2.12. The largest absolute Gasteiger partial charge is 0.464 e. The van der Waals surface area contributed by atoms with Gasteiger partial charge in [0, 0.05) is 0 Å². The van der Waals surface area contributed by atoms with E-state index in [1.54, 1.807) is 34.6 Å². The van der Waals surface area contributed by atoms with E-state index in [4.69, 9.17) is 23.7 Å². The van der Waals surface area contributed by atoms with Crippen molar-refractivity contribution >= 4 is 5.97 Å². The van der Waals surface area contributed by atoms with Crippen molar-refractivity contribution in [1.29, 1.82) is 0 Å². The lowest BCUT2D eigenvalue weighted by Gasteiger charge is -2.28. The van der Waals surface area contributed by atoms with Crippen molar-refractivity contribution in [3.8, 4) is 0 Å². The molecule has 0 unspecified atom stereocenters. The van der Waals surface area contributed by atoms with Crippen LogP contribution in [0.2, 0.25) is 0 Å². The summed E-state index contributed by atoms with van der Waals surface area (Å²) in [5, 5.41) is 20.3. The maximum absolute atomic E-state index is 11.6. The number of ether oxygens (including phenoxy) is 5. The van der Waals surface area contributed by atoms with Gasteiger partial charge in [0.2, 0.25) is 0 Å². The molecule has 0 aromatic rings. The predicted molar refractivity (Wildman–Crippen MR) is 77.4 cm³/mol. The highest BCUT2D eigenvalue weighted by molar-refractivity contribution is 5.75. The summed E-state index contributed by atoms with van der Waals surface area (Å²) >= 11 is 0. The summed E-state index contributed by atoms with van der Waals surface area (Å²) in [6.45, 7) is 8.89. The Morgan fingerprint density at radius 2 is 1.83 bits per heavy atom. The fourth-order valence-corrected chi connectivity index (χ4v) is 2.79. The number of rotatable bonds is 5. The molecule has 2 rings (SSSR count). The van der Waals surface area contributed by atoms with Crippen molar-refractivity contribution < 1.29 is 38.7 Å². The zero-order chi connectivity index (χ0) is 17.4. The second-order valence-corrected chi connectivity index (χ2v) is 6.62. The zero-order valence-electron chi connectivity index (χ0n) is 14.1. The highest BCUT2D eigenvalue weighted by Gasteiger charge is 2.53. The smallest absolute Gasteiger partial charge is 0.337 e. The Kier molecular flexibility index (Phi) is 5.34. The van der Waals surface area contributed by atoms with E-state index < -0.39 is 48.1 Å². The highest BCUT2D eigenvalue weighted by atomic mass is 16.8. The first kappa shape index (κ1) is 18.6. The van der Waals surface area contributed by atoms with Crippen LogP contribution < -0.4 is 0 Å². The fraction of sp³-hybridized carbons (Fsp3) is 0.933. The van der Waals surface area contributed by atoms with Gasteiger partial charge >= 0.3 is 5.97 Å². The minimum Gasteiger partial charge on any atom is -0.464 e. The molecular formula is C15H26O8. The second-order valence-electron chi connectivity index (χ2n) is 6.62.